The lowest BCUT2D eigenvalue weighted by molar-refractivity contribution is 0.417. The molecule has 0 unspecified atom stereocenters. The van der Waals surface area contributed by atoms with Crippen molar-refractivity contribution in [2.75, 3.05) is 12.4 Å². The van der Waals surface area contributed by atoms with Gasteiger partial charge in [-0.05, 0) is 45.4 Å². The fourth-order valence-electron chi connectivity index (χ4n) is 1.45. The van der Waals surface area contributed by atoms with Gasteiger partial charge in [-0.25, -0.2) is 4.99 Å². The monoisotopic (exact) mass is 235 g/mol. The number of guanidine groups is 1. The number of hydrogen-bond acceptors (Lipinski definition) is 2. The summed E-state index contributed by atoms with van der Waals surface area (Å²) < 4.78 is 5.26. The minimum absolute atomic E-state index is 0.200. The van der Waals surface area contributed by atoms with E-state index in [1.165, 1.54) is 0 Å². The molecule has 0 aliphatic rings. The molecule has 0 fully saturated rings. The summed E-state index contributed by atoms with van der Waals surface area (Å²) in [5, 5.41) is 3.06. The highest BCUT2D eigenvalue weighted by Crippen LogP contribution is 2.25. The first-order chi connectivity index (χ1) is 7.81. The average Bonchev–Trinajstić information content (AvgIpc) is 2.14. The summed E-state index contributed by atoms with van der Waals surface area (Å²) in [5.74, 6) is 1.14. The first-order valence-electron chi connectivity index (χ1n) is 5.59. The van der Waals surface area contributed by atoms with Crippen LogP contribution in [0.25, 0.3) is 0 Å². The minimum atomic E-state index is -0.200. The average molecular weight is 235 g/mol. The van der Waals surface area contributed by atoms with Crippen LogP contribution in [0.15, 0.2) is 23.2 Å². The quantitative estimate of drug-likeness (QED) is 0.611. The van der Waals surface area contributed by atoms with Crippen LogP contribution < -0.4 is 15.8 Å². The van der Waals surface area contributed by atoms with Gasteiger partial charge in [-0.3, -0.25) is 0 Å². The number of anilines is 1. The van der Waals surface area contributed by atoms with E-state index in [9.17, 15) is 0 Å². The molecule has 0 spiro atoms. The summed E-state index contributed by atoms with van der Waals surface area (Å²) in [6, 6.07) is 5.87. The summed E-state index contributed by atoms with van der Waals surface area (Å²) in [6.45, 7) is 8.00. The molecule has 94 valence electrons. The van der Waals surface area contributed by atoms with Gasteiger partial charge >= 0.3 is 0 Å². The molecular formula is C13H21N3O. The summed E-state index contributed by atoms with van der Waals surface area (Å²) in [6.07, 6.45) is 0. The Morgan fingerprint density at radius 3 is 2.53 bits per heavy atom. The summed E-state index contributed by atoms with van der Waals surface area (Å²) in [7, 11) is 1.63. The van der Waals surface area contributed by atoms with Gasteiger partial charge in [-0.1, -0.05) is 6.07 Å². The lowest BCUT2D eigenvalue weighted by Crippen LogP contribution is -2.27. The molecule has 1 aromatic carbocycles. The van der Waals surface area contributed by atoms with E-state index in [-0.39, 0.29) is 5.54 Å². The molecule has 0 aliphatic carbocycles. The van der Waals surface area contributed by atoms with E-state index < -0.39 is 0 Å². The second-order valence-electron chi connectivity index (χ2n) is 5.00. The topological polar surface area (TPSA) is 59.6 Å². The summed E-state index contributed by atoms with van der Waals surface area (Å²) in [5.41, 5.74) is 7.62. The molecule has 1 rings (SSSR count). The van der Waals surface area contributed by atoms with Gasteiger partial charge in [-0.2, -0.15) is 0 Å². The Morgan fingerprint density at radius 1 is 1.35 bits per heavy atom. The van der Waals surface area contributed by atoms with Crippen molar-refractivity contribution in [3.8, 4) is 5.75 Å². The van der Waals surface area contributed by atoms with Crippen LogP contribution in [0.5, 0.6) is 5.75 Å². The predicted octanol–water partition coefficient (Wildman–Crippen LogP) is 2.53. The third kappa shape index (κ3) is 4.34. The highest BCUT2D eigenvalue weighted by atomic mass is 16.5. The largest absolute Gasteiger partial charge is 0.495 e. The molecule has 0 radical (unpaired) electrons. The number of nitrogens with zero attached hydrogens (tertiary/aromatic N) is 1. The van der Waals surface area contributed by atoms with Crippen LogP contribution in [0.4, 0.5) is 5.69 Å². The van der Waals surface area contributed by atoms with Crippen molar-refractivity contribution >= 4 is 11.6 Å². The number of methoxy groups -OCH3 is 1. The van der Waals surface area contributed by atoms with Gasteiger partial charge in [0.15, 0.2) is 5.96 Å². The zero-order valence-corrected chi connectivity index (χ0v) is 11.2. The van der Waals surface area contributed by atoms with Crippen molar-refractivity contribution in [1.82, 2.24) is 0 Å². The van der Waals surface area contributed by atoms with Crippen molar-refractivity contribution < 1.29 is 4.74 Å². The maximum Gasteiger partial charge on any atom is 0.193 e. The lowest BCUT2D eigenvalue weighted by atomic mass is 10.1. The van der Waals surface area contributed by atoms with Gasteiger partial charge in [-0.15, -0.1) is 0 Å². The number of rotatable bonds is 2. The zero-order chi connectivity index (χ0) is 13.1. The van der Waals surface area contributed by atoms with Crippen LogP contribution in [0.2, 0.25) is 0 Å². The normalized spacial score (nSPS) is 12.4. The fraction of sp³-hybridized carbons (Fsp3) is 0.462. The first kappa shape index (κ1) is 13.4. The number of aryl methyl sites for hydroxylation is 1. The van der Waals surface area contributed by atoms with Crippen molar-refractivity contribution in [2.45, 2.75) is 33.2 Å². The molecule has 4 heteroatoms. The first-order valence-corrected chi connectivity index (χ1v) is 5.59. The van der Waals surface area contributed by atoms with Crippen LogP contribution in [-0.2, 0) is 0 Å². The van der Waals surface area contributed by atoms with Crippen molar-refractivity contribution in [3.63, 3.8) is 0 Å². The second-order valence-corrected chi connectivity index (χ2v) is 5.00. The van der Waals surface area contributed by atoms with Gasteiger partial charge < -0.3 is 15.8 Å². The molecule has 0 amide bonds. The van der Waals surface area contributed by atoms with Crippen molar-refractivity contribution in [1.29, 1.82) is 0 Å². The molecule has 0 saturated carbocycles. The van der Waals surface area contributed by atoms with E-state index in [1.807, 2.05) is 45.9 Å². The fourth-order valence-corrected chi connectivity index (χ4v) is 1.45. The Hall–Kier alpha value is -1.71. The molecule has 0 bridgehead atoms. The number of benzene rings is 1. The predicted molar refractivity (Wildman–Crippen MR) is 72.7 cm³/mol. The van der Waals surface area contributed by atoms with Crippen LogP contribution in [0.3, 0.4) is 0 Å². The third-order valence-corrected chi connectivity index (χ3v) is 2.07. The number of hydrogen-bond donors (Lipinski definition) is 2. The number of aliphatic imine (C=N–C) groups is 1. The van der Waals surface area contributed by atoms with Gasteiger partial charge in [0.05, 0.1) is 18.3 Å². The molecule has 0 aromatic heterocycles. The van der Waals surface area contributed by atoms with Crippen LogP contribution in [-0.4, -0.2) is 18.6 Å². The highest BCUT2D eigenvalue weighted by Gasteiger charge is 2.09. The maximum atomic E-state index is 5.85. The number of nitrogens with two attached hydrogens (primary N) is 1. The highest BCUT2D eigenvalue weighted by molar-refractivity contribution is 5.94. The Balaban J connectivity index is 2.95. The number of ether oxygens (including phenoxy) is 1. The molecule has 0 heterocycles. The van der Waals surface area contributed by atoms with E-state index in [0.29, 0.717) is 5.96 Å². The maximum absolute atomic E-state index is 5.85. The number of nitrogens with one attached hydrogen (secondary N) is 1. The minimum Gasteiger partial charge on any atom is -0.495 e. The molecule has 17 heavy (non-hydrogen) atoms. The Morgan fingerprint density at radius 2 is 2.00 bits per heavy atom. The zero-order valence-electron chi connectivity index (χ0n) is 11.2. The molecule has 4 nitrogen and oxygen atoms in total. The molecular weight excluding hydrogens is 214 g/mol. The van der Waals surface area contributed by atoms with E-state index in [0.717, 1.165) is 17.0 Å². The van der Waals surface area contributed by atoms with Gasteiger partial charge in [0, 0.05) is 0 Å². The Labute approximate surface area is 103 Å². The standard InChI is InChI=1S/C13H21N3O/c1-9-6-7-11(17-5)10(8-9)15-12(14)16-13(2,3)4/h6-8H,1-5H3,(H3,14,15,16). The Bertz CT molecular complexity index is 419. The van der Waals surface area contributed by atoms with E-state index >= 15 is 0 Å². The second kappa shape index (κ2) is 5.08. The van der Waals surface area contributed by atoms with Crippen LogP contribution >= 0.6 is 0 Å². The van der Waals surface area contributed by atoms with Crippen LogP contribution in [0.1, 0.15) is 26.3 Å². The van der Waals surface area contributed by atoms with Gasteiger partial charge in [0.1, 0.15) is 5.75 Å². The van der Waals surface area contributed by atoms with E-state index in [1.54, 1.807) is 7.11 Å². The lowest BCUT2D eigenvalue weighted by Gasteiger charge is -2.16. The smallest absolute Gasteiger partial charge is 0.193 e. The third-order valence-electron chi connectivity index (χ3n) is 2.07. The molecule has 0 atom stereocenters. The van der Waals surface area contributed by atoms with Crippen LogP contribution in [0, 0.1) is 6.92 Å². The molecule has 1 aromatic rings. The summed E-state index contributed by atoms with van der Waals surface area (Å²) >= 11 is 0. The Kier molecular flexibility index (Phi) is 3.99. The SMILES string of the molecule is COc1ccc(C)cc1NC(N)=NC(C)(C)C. The molecule has 0 saturated heterocycles. The van der Waals surface area contributed by atoms with E-state index in [4.69, 9.17) is 10.5 Å². The molecule has 0 aliphatic heterocycles. The van der Waals surface area contributed by atoms with Gasteiger partial charge in [0.25, 0.3) is 0 Å². The van der Waals surface area contributed by atoms with E-state index in [2.05, 4.69) is 10.3 Å². The van der Waals surface area contributed by atoms with Crippen molar-refractivity contribution in [2.24, 2.45) is 10.7 Å². The summed E-state index contributed by atoms with van der Waals surface area (Å²) in [4.78, 5) is 4.34. The van der Waals surface area contributed by atoms with Gasteiger partial charge in [0.2, 0.25) is 0 Å². The van der Waals surface area contributed by atoms with Crippen molar-refractivity contribution in [3.05, 3.63) is 23.8 Å². The molecule has 3 N–H and O–H groups in total.